The van der Waals surface area contributed by atoms with Crippen LogP contribution < -0.4 is 0 Å². The highest BCUT2D eigenvalue weighted by Crippen LogP contribution is 2.32. The van der Waals surface area contributed by atoms with Gasteiger partial charge in [-0.25, -0.2) is 0 Å². The fraction of sp³-hybridized carbons (Fsp3) is 0.536. The predicted molar refractivity (Wildman–Crippen MR) is 142 cm³/mol. The van der Waals surface area contributed by atoms with Crippen molar-refractivity contribution in [1.29, 1.82) is 0 Å². The Balaban J connectivity index is 1.50. The van der Waals surface area contributed by atoms with E-state index in [9.17, 15) is 23.1 Å². The average molecular weight is 570 g/mol. The number of hydrogen-bond acceptors (Lipinski definition) is 6. The molecule has 0 unspecified atom stereocenters. The van der Waals surface area contributed by atoms with Crippen molar-refractivity contribution >= 4 is 17.5 Å². The first-order chi connectivity index (χ1) is 18.5. The van der Waals surface area contributed by atoms with Crippen LogP contribution in [0.4, 0.5) is 13.2 Å². The van der Waals surface area contributed by atoms with Gasteiger partial charge >= 0.3 is 6.18 Å². The number of benzene rings is 2. The first-order valence-corrected chi connectivity index (χ1v) is 13.4. The molecule has 4 rings (SSSR count). The number of ether oxygens (including phenoxy) is 2. The summed E-state index contributed by atoms with van der Waals surface area (Å²) in [5.74, 6) is -0.478. The van der Waals surface area contributed by atoms with Gasteiger partial charge in [0.05, 0.1) is 29.9 Å². The minimum atomic E-state index is -4.54. The van der Waals surface area contributed by atoms with Crippen LogP contribution in [0.5, 0.6) is 5.75 Å². The lowest BCUT2D eigenvalue weighted by molar-refractivity contribution is -0.137. The van der Waals surface area contributed by atoms with Crippen LogP contribution in [-0.4, -0.2) is 104 Å². The third kappa shape index (κ3) is 7.85. The van der Waals surface area contributed by atoms with Gasteiger partial charge in [-0.15, -0.1) is 0 Å². The van der Waals surface area contributed by atoms with Crippen molar-refractivity contribution in [2.24, 2.45) is 0 Å². The van der Waals surface area contributed by atoms with E-state index in [-0.39, 0.29) is 28.5 Å². The summed E-state index contributed by atoms with van der Waals surface area (Å²) in [5, 5.41) is 10.3. The van der Waals surface area contributed by atoms with Crippen molar-refractivity contribution in [2.75, 3.05) is 66.1 Å². The van der Waals surface area contributed by atoms with Crippen molar-refractivity contribution < 1.29 is 32.5 Å². The second-order valence-corrected chi connectivity index (χ2v) is 10.7. The summed E-state index contributed by atoms with van der Waals surface area (Å²) in [7, 11) is 1.66. The Bertz CT molecular complexity index is 1150. The molecule has 0 saturated carbocycles. The smallest absolute Gasteiger partial charge is 0.416 e. The molecule has 2 heterocycles. The van der Waals surface area contributed by atoms with E-state index in [1.54, 1.807) is 37.1 Å². The number of aryl methyl sites for hydroxylation is 1. The van der Waals surface area contributed by atoms with Gasteiger partial charge in [0.25, 0.3) is 5.91 Å². The Labute approximate surface area is 232 Å². The van der Waals surface area contributed by atoms with Gasteiger partial charge in [0.1, 0.15) is 5.75 Å². The van der Waals surface area contributed by atoms with Crippen LogP contribution in [0.3, 0.4) is 0 Å². The molecule has 0 aliphatic carbocycles. The van der Waals surface area contributed by atoms with Gasteiger partial charge in [0, 0.05) is 64.5 Å². The third-order valence-electron chi connectivity index (χ3n) is 7.27. The Kier molecular flexibility index (Phi) is 9.77. The van der Waals surface area contributed by atoms with Crippen molar-refractivity contribution in [3.8, 4) is 5.75 Å². The van der Waals surface area contributed by atoms with Gasteiger partial charge in [-0.1, -0.05) is 17.7 Å². The van der Waals surface area contributed by atoms with Gasteiger partial charge in [-0.3, -0.25) is 14.6 Å². The number of phenolic OH excluding ortho intramolecular Hbond substituents is 1. The molecule has 7 nitrogen and oxygen atoms in total. The summed E-state index contributed by atoms with van der Waals surface area (Å²) in [6.45, 7) is 7.53. The first kappa shape index (κ1) is 29.6. The fourth-order valence-corrected chi connectivity index (χ4v) is 5.43. The number of amides is 1. The highest BCUT2D eigenvalue weighted by Gasteiger charge is 2.35. The number of nitrogens with zero attached hydrogens (tertiary/aromatic N) is 3. The van der Waals surface area contributed by atoms with Gasteiger partial charge in [0.15, 0.2) is 0 Å². The topological polar surface area (TPSA) is 65.5 Å². The molecule has 11 heteroatoms. The predicted octanol–water partition coefficient (Wildman–Crippen LogP) is 4.09. The van der Waals surface area contributed by atoms with Gasteiger partial charge < -0.3 is 19.5 Å². The normalized spacial score (nSPS) is 21.3. The van der Waals surface area contributed by atoms with Crippen LogP contribution in [0, 0.1) is 6.92 Å². The van der Waals surface area contributed by atoms with E-state index in [2.05, 4.69) is 9.80 Å². The Morgan fingerprint density at radius 2 is 1.85 bits per heavy atom. The Hall–Kier alpha value is -2.37. The molecule has 2 fully saturated rings. The summed E-state index contributed by atoms with van der Waals surface area (Å²) in [6, 6.07) is 8.15. The van der Waals surface area contributed by atoms with Crippen LogP contribution >= 0.6 is 11.6 Å². The standard InChI is InChI=1S/C28H35ClF3N3O4/c1-19-11-21(15-22(12-19)28(30,31)32)27(37)35-8-7-33(5-6-34-9-10-39-24(17-34)18-38-2)16-23(35)13-20-3-4-25(29)26(36)14-20/h3-4,11-12,14-15,23-24,36H,5-10,13,16-18H2,1-2H3/t23-,24+/m1/s1. The molecule has 2 aromatic rings. The molecule has 2 aliphatic heterocycles. The largest absolute Gasteiger partial charge is 0.506 e. The van der Waals surface area contributed by atoms with E-state index in [1.807, 2.05) is 0 Å². The second kappa shape index (κ2) is 12.9. The molecule has 2 aliphatic rings. The molecule has 0 radical (unpaired) electrons. The maximum Gasteiger partial charge on any atom is 0.416 e. The quantitative estimate of drug-likeness (QED) is 0.517. The number of aromatic hydroxyl groups is 1. The number of alkyl halides is 3. The summed E-state index contributed by atoms with van der Waals surface area (Å²) in [6.07, 6.45) is -4.07. The zero-order valence-electron chi connectivity index (χ0n) is 22.2. The zero-order valence-corrected chi connectivity index (χ0v) is 23.0. The average Bonchev–Trinajstić information content (AvgIpc) is 2.89. The number of methoxy groups -OCH3 is 1. The molecule has 1 amide bonds. The van der Waals surface area contributed by atoms with Crippen LogP contribution in [0.2, 0.25) is 5.02 Å². The molecule has 1 N–H and O–H groups in total. The lowest BCUT2D eigenvalue weighted by atomic mass is 9.99. The molecule has 0 aromatic heterocycles. The monoisotopic (exact) mass is 569 g/mol. The van der Waals surface area contributed by atoms with E-state index in [0.717, 1.165) is 43.9 Å². The molecule has 2 atom stereocenters. The van der Waals surface area contributed by atoms with E-state index in [4.69, 9.17) is 21.1 Å². The van der Waals surface area contributed by atoms with Crippen LogP contribution in [0.15, 0.2) is 36.4 Å². The lowest BCUT2D eigenvalue weighted by Gasteiger charge is -2.43. The van der Waals surface area contributed by atoms with Crippen molar-refractivity contribution in [3.05, 3.63) is 63.7 Å². The molecule has 2 aromatic carbocycles. The maximum atomic E-state index is 13.6. The van der Waals surface area contributed by atoms with Crippen LogP contribution in [-0.2, 0) is 22.1 Å². The van der Waals surface area contributed by atoms with Crippen molar-refractivity contribution in [2.45, 2.75) is 31.7 Å². The highest BCUT2D eigenvalue weighted by atomic mass is 35.5. The molecule has 214 valence electrons. The highest BCUT2D eigenvalue weighted by molar-refractivity contribution is 6.32. The minimum Gasteiger partial charge on any atom is -0.506 e. The SMILES string of the molecule is COC[C@@H]1CN(CCN2CCN(C(=O)c3cc(C)cc(C(F)(F)F)c3)[C@H](Cc3ccc(Cl)c(O)c3)C2)CCO1. The van der Waals surface area contributed by atoms with Gasteiger partial charge in [-0.05, 0) is 54.8 Å². The zero-order chi connectivity index (χ0) is 28.2. The van der Waals surface area contributed by atoms with E-state index in [1.165, 1.54) is 6.07 Å². The number of phenols is 1. The number of carbonyl (C=O) groups is 1. The van der Waals surface area contributed by atoms with Crippen molar-refractivity contribution in [3.63, 3.8) is 0 Å². The summed E-state index contributed by atoms with van der Waals surface area (Å²) < 4.78 is 51.3. The number of hydrogen-bond donors (Lipinski definition) is 1. The summed E-state index contributed by atoms with van der Waals surface area (Å²) in [4.78, 5) is 19.9. The molecular formula is C28H35ClF3N3O4. The molecule has 0 bridgehead atoms. The number of halogens is 4. The molecule has 39 heavy (non-hydrogen) atoms. The number of carbonyl (C=O) groups excluding carboxylic acids is 1. The lowest BCUT2D eigenvalue weighted by Crippen LogP contribution is -2.57. The number of rotatable bonds is 8. The van der Waals surface area contributed by atoms with Crippen LogP contribution in [0.25, 0.3) is 0 Å². The number of piperazine rings is 1. The fourth-order valence-electron chi connectivity index (χ4n) is 5.31. The van der Waals surface area contributed by atoms with E-state index >= 15 is 0 Å². The summed E-state index contributed by atoms with van der Waals surface area (Å²) in [5.41, 5.74) is 0.360. The molecule has 2 saturated heterocycles. The second-order valence-electron chi connectivity index (χ2n) is 10.3. The first-order valence-electron chi connectivity index (χ1n) is 13.1. The Morgan fingerprint density at radius 3 is 2.54 bits per heavy atom. The number of morpholine rings is 1. The summed E-state index contributed by atoms with van der Waals surface area (Å²) >= 11 is 5.98. The van der Waals surface area contributed by atoms with E-state index in [0.29, 0.717) is 44.8 Å². The van der Waals surface area contributed by atoms with Crippen LogP contribution in [0.1, 0.15) is 27.0 Å². The third-order valence-corrected chi connectivity index (χ3v) is 7.59. The van der Waals surface area contributed by atoms with E-state index < -0.39 is 17.6 Å². The van der Waals surface area contributed by atoms with Crippen molar-refractivity contribution in [1.82, 2.24) is 14.7 Å². The Morgan fingerprint density at radius 1 is 1.10 bits per heavy atom. The molecule has 0 spiro atoms. The molecular weight excluding hydrogens is 535 g/mol. The van der Waals surface area contributed by atoms with Gasteiger partial charge in [0.2, 0.25) is 0 Å². The minimum absolute atomic E-state index is 0.0252. The maximum absolute atomic E-state index is 13.6. The van der Waals surface area contributed by atoms with Gasteiger partial charge in [-0.2, -0.15) is 13.2 Å².